The summed E-state index contributed by atoms with van der Waals surface area (Å²) in [6, 6.07) is 1.16. The third-order valence-electron chi connectivity index (χ3n) is 1.93. The van der Waals surface area contributed by atoms with Gasteiger partial charge in [-0.25, -0.2) is 0 Å². The summed E-state index contributed by atoms with van der Waals surface area (Å²) >= 11 is 6.38. The van der Waals surface area contributed by atoms with E-state index < -0.39 is 7.38 Å². The first-order valence-corrected chi connectivity index (χ1v) is 7.26. The van der Waals surface area contributed by atoms with E-state index in [1.807, 2.05) is 5.70 Å². The van der Waals surface area contributed by atoms with Crippen molar-refractivity contribution in [3.63, 3.8) is 0 Å². The standard InChI is InChI=1S/C8H17ClSi/c1-5-7-10(9,6-2)8(3)4/h6,8H,2,5,7H2,1,3-4H3. The van der Waals surface area contributed by atoms with E-state index in [-0.39, 0.29) is 0 Å². The Morgan fingerprint density at radius 2 is 2.10 bits per heavy atom. The molecule has 0 aliphatic heterocycles. The van der Waals surface area contributed by atoms with Crippen molar-refractivity contribution in [1.29, 1.82) is 0 Å². The minimum Gasteiger partial charge on any atom is -0.161 e. The average Bonchev–Trinajstić information content (AvgIpc) is 1.88. The Balaban J connectivity index is 4.08. The van der Waals surface area contributed by atoms with Gasteiger partial charge >= 0.3 is 0 Å². The minimum atomic E-state index is -1.56. The maximum atomic E-state index is 6.38. The third kappa shape index (κ3) is 2.47. The van der Waals surface area contributed by atoms with E-state index in [4.69, 9.17) is 11.1 Å². The molecule has 0 aromatic carbocycles. The Labute approximate surface area is 70.0 Å². The van der Waals surface area contributed by atoms with Gasteiger partial charge in [0.05, 0.1) is 0 Å². The predicted molar refractivity (Wildman–Crippen MR) is 52.0 cm³/mol. The van der Waals surface area contributed by atoms with Gasteiger partial charge in [-0.2, -0.15) is 11.1 Å². The van der Waals surface area contributed by atoms with Gasteiger partial charge in [-0.05, 0) is 11.6 Å². The number of hydrogen-bond donors (Lipinski definition) is 0. The first-order valence-electron chi connectivity index (χ1n) is 3.89. The lowest BCUT2D eigenvalue weighted by atomic mass is 10.6. The van der Waals surface area contributed by atoms with E-state index in [0.717, 1.165) is 6.04 Å². The van der Waals surface area contributed by atoms with Crippen molar-refractivity contribution >= 4 is 18.5 Å². The lowest BCUT2D eigenvalue weighted by Gasteiger charge is -2.23. The summed E-state index contributed by atoms with van der Waals surface area (Å²) in [4.78, 5) is 0. The molecule has 0 aliphatic carbocycles. The van der Waals surface area contributed by atoms with Crippen LogP contribution in [0.1, 0.15) is 27.2 Å². The van der Waals surface area contributed by atoms with Crippen LogP contribution in [0, 0.1) is 0 Å². The second-order valence-electron chi connectivity index (χ2n) is 3.04. The van der Waals surface area contributed by atoms with Crippen LogP contribution in [0.15, 0.2) is 12.3 Å². The first-order chi connectivity index (χ1) is 4.56. The van der Waals surface area contributed by atoms with Crippen LogP contribution in [0.2, 0.25) is 11.6 Å². The molecule has 0 N–H and O–H groups in total. The van der Waals surface area contributed by atoms with Crippen LogP contribution < -0.4 is 0 Å². The summed E-state index contributed by atoms with van der Waals surface area (Å²) in [5.74, 6) is 0. The summed E-state index contributed by atoms with van der Waals surface area (Å²) in [5, 5.41) is 0. The molecule has 0 rings (SSSR count). The van der Waals surface area contributed by atoms with Gasteiger partial charge in [0.25, 0.3) is 0 Å². The highest BCUT2D eigenvalue weighted by atomic mass is 35.6. The monoisotopic (exact) mass is 176 g/mol. The molecule has 0 aromatic rings. The molecular weight excluding hydrogens is 160 g/mol. The normalized spacial score (nSPS) is 16.9. The number of rotatable bonds is 4. The van der Waals surface area contributed by atoms with Crippen LogP contribution in [0.3, 0.4) is 0 Å². The molecule has 10 heavy (non-hydrogen) atoms. The van der Waals surface area contributed by atoms with Gasteiger partial charge in [-0.15, -0.1) is 6.58 Å². The van der Waals surface area contributed by atoms with Gasteiger partial charge in [-0.1, -0.05) is 32.9 Å². The highest BCUT2D eigenvalue weighted by Gasteiger charge is 2.29. The lowest BCUT2D eigenvalue weighted by Crippen LogP contribution is -2.27. The Kier molecular flexibility index (Phi) is 4.30. The maximum absolute atomic E-state index is 6.38. The van der Waals surface area contributed by atoms with E-state index in [0.29, 0.717) is 5.54 Å². The molecule has 0 spiro atoms. The fourth-order valence-corrected chi connectivity index (χ4v) is 3.60. The van der Waals surface area contributed by atoms with Gasteiger partial charge in [0.2, 0.25) is 0 Å². The molecule has 2 heteroatoms. The SMILES string of the molecule is C=C[Si](Cl)(CCC)C(C)C. The molecule has 0 heterocycles. The van der Waals surface area contributed by atoms with E-state index in [9.17, 15) is 0 Å². The zero-order valence-corrected chi connectivity index (χ0v) is 8.91. The molecule has 0 bridgehead atoms. The van der Waals surface area contributed by atoms with Crippen LogP contribution in [0.25, 0.3) is 0 Å². The maximum Gasteiger partial charge on any atom is 0.181 e. The van der Waals surface area contributed by atoms with Crippen LogP contribution >= 0.6 is 11.1 Å². The van der Waals surface area contributed by atoms with Crippen molar-refractivity contribution < 1.29 is 0 Å². The zero-order chi connectivity index (χ0) is 8.20. The summed E-state index contributed by atoms with van der Waals surface area (Å²) in [7, 11) is -1.56. The second kappa shape index (κ2) is 4.19. The molecule has 1 unspecified atom stereocenters. The zero-order valence-electron chi connectivity index (χ0n) is 7.15. The molecule has 0 aliphatic rings. The summed E-state index contributed by atoms with van der Waals surface area (Å²) in [5.41, 5.74) is 2.62. The van der Waals surface area contributed by atoms with Crippen molar-refractivity contribution in [2.45, 2.75) is 38.8 Å². The lowest BCUT2D eigenvalue weighted by molar-refractivity contribution is 0.974. The molecule has 1 atom stereocenters. The first kappa shape index (κ1) is 10.2. The fourth-order valence-electron chi connectivity index (χ4n) is 1.01. The Bertz CT molecular complexity index is 112. The van der Waals surface area contributed by atoms with Crippen molar-refractivity contribution in [3.05, 3.63) is 12.3 Å². The van der Waals surface area contributed by atoms with Crippen molar-refractivity contribution in [3.8, 4) is 0 Å². The summed E-state index contributed by atoms with van der Waals surface area (Å²) in [6.07, 6.45) is 1.18. The van der Waals surface area contributed by atoms with Crippen LogP contribution in [0.4, 0.5) is 0 Å². The highest BCUT2D eigenvalue weighted by Crippen LogP contribution is 2.30. The Hall–Kier alpha value is 0.247. The van der Waals surface area contributed by atoms with E-state index in [1.54, 1.807) is 0 Å². The number of hydrogen-bond acceptors (Lipinski definition) is 0. The molecular formula is C8H17ClSi. The van der Waals surface area contributed by atoms with E-state index in [2.05, 4.69) is 27.4 Å². The van der Waals surface area contributed by atoms with Crippen LogP contribution in [0.5, 0.6) is 0 Å². The summed E-state index contributed by atoms with van der Waals surface area (Å²) < 4.78 is 0. The molecule has 0 radical (unpaired) electrons. The van der Waals surface area contributed by atoms with Crippen molar-refractivity contribution in [1.82, 2.24) is 0 Å². The van der Waals surface area contributed by atoms with Crippen LogP contribution in [-0.4, -0.2) is 7.38 Å². The smallest absolute Gasteiger partial charge is 0.161 e. The molecule has 60 valence electrons. The molecule has 0 aromatic heterocycles. The molecule has 0 fully saturated rings. The Morgan fingerprint density at radius 3 is 2.20 bits per heavy atom. The van der Waals surface area contributed by atoms with Gasteiger partial charge in [-0.3, -0.25) is 0 Å². The van der Waals surface area contributed by atoms with Crippen molar-refractivity contribution in [2.24, 2.45) is 0 Å². The topological polar surface area (TPSA) is 0 Å². The number of halogens is 1. The Morgan fingerprint density at radius 1 is 1.60 bits per heavy atom. The third-order valence-corrected chi connectivity index (χ3v) is 8.14. The molecule has 0 amide bonds. The fraction of sp³-hybridized carbons (Fsp3) is 0.750. The van der Waals surface area contributed by atoms with Crippen LogP contribution in [-0.2, 0) is 0 Å². The second-order valence-corrected chi connectivity index (χ2v) is 9.06. The van der Waals surface area contributed by atoms with Gasteiger partial charge in [0.1, 0.15) is 0 Å². The van der Waals surface area contributed by atoms with E-state index >= 15 is 0 Å². The largest absolute Gasteiger partial charge is 0.181 e. The highest BCUT2D eigenvalue weighted by molar-refractivity contribution is 7.23. The molecule has 0 saturated heterocycles. The quantitative estimate of drug-likeness (QED) is 0.453. The minimum absolute atomic E-state index is 0.617. The predicted octanol–water partition coefficient (Wildman–Crippen LogP) is 3.72. The van der Waals surface area contributed by atoms with Gasteiger partial charge < -0.3 is 0 Å². The molecule has 0 saturated carbocycles. The molecule has 0 nitrogen and oxygen atoms in total. The summed E-state index contributed by atoms with van der Waals surface area (Å²) in [6.45, 7) is 10.4. The van der Waals surface area contributed by atoms with Gasteiger partial charge in [0.15, 0.2) is 7.38 Å². The van der Waals surface area contributed by atoms with Gasteiger partial charge in [0, 0.05) is 0 Å². The van der Waals surface area contributed by atoms with Crippen molar-refractivity contribution in [2.75, 3.05) is 0 Å². The van der Waals surface area contributed by atoms with E-state index in [1.165, 1.54) is 6.42 Å². The average molecular weight is 177 g/mol.